The van der Waals surface area contributed by atoms with Crippen molar-refractivity contribution in [2.45, 2.75) is 13.3 Å². The molecular formula is C19H28N5O2S+. The molecule has 3 rings (SSSR count). The van der Waals surface area contributed by atoms with Gasteiger partial charge in [-0.05, 0) is 31.3 Å². The van der Waals surface area contributed by atoms with Gasteiger partial charge in [-0.25, -0.2) is 4.68 Å². The second-order valence-electron chi connectivity index (χ2n) is 6.78. The van der Waals surface area contributed by atoms with E-state index < -0.39 is 0 Å². The highest BCUT2D eigenvalue weighted by Crippen LogP contribution is 2.13. The number of ether oxygens (including phenoxy) is 1. The smallest absolute Gasteiger partial charge is 0.295 e. The Hall–Kier alpha value is -2.16. The summed E-state index contributed by atoms with van der Waals surface area (Å²) in [6.45, 7) is 7.65. The Bertz CT molecular complexity index is 825. The molecule has 0 saturated carbocycles. The molecule has 1 aromatic heterocycles. The van der Waals surface area contributed by atoms with Gasteiger partial charge in [-0.3, -0.25) is 9.48 Å². The number of rotatable bonds is 6. The highest BCUT2D eigenvalue weighted by molar-refractivity contribution is 7.80. The van der Waals surface area contributed by atoms with Crippen molar-refractivity contribution in [1.82, 2.24) is 14.7 Å². The molecule has 8 heteroatoms. The minimum Gasteiger partial charge on any atom is -0.370 e. The summed E-state index contributed by atoms with van der Waals surface area (Å²) in [5.74, 6) is 0. The Morgan fingerprint density at radius 1 is 1.26 bits per heavy atom. The van der Waals surface area contributed by atoms with E-state index in [0.29, 0.717) is 10.8 Å². The maximum atomic E-state index is 12.9. The number of morpholine rings is 1. The molecule has 3 N–H and O–H groups in total. The quantitative estimate of drug-likeness (QED) is 0.482. The minimum absolute atomic E-state index is 0.108. The molecule has 1 aliphatic heterocycles. The standard InChI is InChI=1S/C19H27N5O2S/c1-15-17(18(25)24(22(15)2)16-7-4-3-5-8-16)21-19(27)20-9-6-10-23-11-13-26-14-12-23/h3-5,7-8H,6,9-14H2,1-2H3,(H2,20,21,27)/p+1. The molecule has 1 fully saturated rings. The van der Waals surface area contributed by atoms with Gasteiger partial charge in [-0.2, -0.15) is 0 Å². The van der Waals surface area contributed by atoms with Crippen LogP contribution in [0.2, 0.25) is 0 Å². The molecule has 0 amide bonds. The summed E-state index contributed by atoms with van der Waals surface area (Å²) >= 11 is 5.39. The van der Waals surface area contributed by atoms with Gasteiger partial charge in [0, 0.05) is 20.0 Å². The lowest BCUT2D eigenvalue weighted by Crippen LogP contribution is -3.14. The summed E-state index contributed by atoms with van der Waals surface area (Å²) in [6, 6.07) is 9.59. The zero-order chi connectivity index (χ0) is 19.2. The fourth-order valence-corrected chi connectivity index (χ4v) is 3.52. The molecule has 0 bridgehead atoms. The van der Waals surface area contributed by atoms with E-state index in [1.54, 1.807) is 9.58 Å². The van der Waals surface area contributed by atoms with Crippen molar-refractivity contribution in [1.29, 1.82) is 0 Å². The fourth-order valence-electron chi connectivity index (χ4n) is 3.32. The molecule has 0 radical (unpaired) electrons. The molecule has 0 aliphatic carbocycles. The van der Waals surface area contributed by atoms with Crippen LogP contribution in [0.15, 0.2) is 35.1 Å². The number of hydrogen-bond acceptors (Lipinski definition) is 3. The van der Waals surface area contributed by atoms with Gasteiger partial charge in [0.25, 0.3) is 5.56 Å². The Morgan fingerprint density at radius 3 is 2.67 bits per heavy atom. The predicted octanol–water partition coefficient (Wildman–Crippen LogP) is 0.0760. The van der Waals surface area contributed by atoms with E-state index in [0.717, 1.165) is 57.2 Å². The molecule has 27 heavy (non-hydrogen) atoms. The van der Waals surface area contributed by atoms with Crippen LogP contribution in [0.4, 0.5) is 5.69 Å². The maximum Gasteiger partial charge on any atom is 0.295 e. The summed E-state index contributed by atoms with van der Waals surface area (Å²) in [6.07, 6.45) is 1.03. The number of quaternary nitrogens is 1. The zero-order valence-electron chi connectivity index (χ0n) is 16.0. The average molecular weight is 391 g/mol. The lowest BCUT2D eigenvalue weighted by atomic mass is 10.3. The van der Waals surface area contributed by atoms with E-state index in [2.05, 4.69) is 10.6 Å². The van der Waals surface area contributed by atoms with E-state index in [9.17, 15) is 4.79 Å². The van der Waals surface area contributed by atoms with Gasteiger partial charge in [0.05, 0.1) is 31.1 Å². The molecule has 7 nitrogen and oxygen atoms in total. The number of nitrogens with one attached hydrogen (secondary N) is 3. The normalized spacial score (nSPS) is 14.9. The molecule has 0 atom stereocenters. The van der Waals surface area contributed by atoms with Crippen molar-refractivity contribution in [3.05, 3.63) is 46.4 Å². The first-order valence-corrected chi connectivity index (χ1v) is 9.79. The van der Waals surface area contributed by atoms with Crippen LogP contribution in [-0.2, 0) is 11.8 Å². The lowest BCUT2D eigenvalue weighted by molar-refractivity contribution is -0.908. The number of aromatic nitrogens is 2. The molecular weight excluding hydrogens is 362 g/mol. The summed E-state index contributed by atoms with van der Waals surface area (Å²) in [5, 5.41) is 6.78. The first-order chi connectivity index (χ1) is 13.1. The second-order valence-corrected chi connectivity index (χ2v) is 7.19. The van der Waals surface area contributed by atoms with Gasteiger partial charge in [-0.1, -0.05) is 18.2 Å². The molecule has 2 aromatic rings. The fraction of sp³-hybridized carbons (Fsp3) is 0.474. The molecule has 146 valence electrons. The van der Waals surface area contributed by atoms with E-state index in [-0.39, 0.29) is 5.56 Å². The van der Waals surface area contributed by atoms with Crippen molar-refractivity contribution in [3.8, 4) is 5.69 Å². The predicted molar refractivity (Wildman–Crippen MR) is 111 cm³/mol. The van der Waals surface area contributed by atoms with Crippen LogP contribution >= 0.6 is 12.2 Å². The number of anilines is 1. The summed E-state index contributed by atoms with van der Waals surface area (Å²) in [7, 11) is 1.87. The number of para-hydroxylation sites is 1. The van der Waals surface area contributed by atoms with Gasteiger partial charge in [0.2, 0.25) is 0 Å². The number of thiocarbonyl (C=S) groups is 1. The zero-order valence-corrected chi connectivity index (χ0v) is 16.8. The van der Waals surface area contributed by atoms with Gasteiger partial charge < -0.3 is 20.3 Å². The molecule has 1 saturated heterocycles. The van der Waals surface area contributed by atoms with Gasteiger partial charge >= 0.3 is 0 Å². The van der Waals surface area contributed by atoms with Gasteiger partial charge in [0.15, 0.2) is 5.11 Å². The van der Waals surface area contributed by atoms with Crippen LogP contribution in [0.3, 0.4) is 0 Å². The van der Waals surface area contributed by atoms with Gasteiger partial charge in [0.1, 0.15) is 18.8 Å². The van der Waals surface area contributed by atoms with Crippen LogP contribution in [0, 0.1) is 6.92 Å². The Balaban J connectivity index is 1.57. The van der Waals surface area contributed by atoms with Crippen molar-refractivity contribution in [2.75, 3.05) is 44.7 Å². The first-order valence-electron chi connectivity index (χ1n) is 9.38. The van der Waals surface area contributed by atoms with Crippen LogP contribution in [0.25, 0.3) is 5.69 Å². The van der Waals surface area contributed by atoms with Crippen molar-refractivity contribution < 1.29 is 9.64 Å². The lowest BCUT2D eigenvalue weighted by Gasteiger charge is -2.23. The van der Waals surface area contributed by atoms with Gasteiger partial charge in [-0.15, -0.1) is 0 Å². The van der Waals surface area contributed by atoms with Crippen molar-refractivity contribution in [2.24, 2.45) is 7.05 Å². The molecule has 0 unspecified atom stereocenters. The Labute approximate surface area is 164 Å². The van der Waals surface area contributed by atoms with Crippen molar-refractivity contribution in [3.63, 3.8) is 0 Å². The average Bonchev–Trinajstić information content (AvgIpc) is 2.90. The third-order valence-corrected chi connectivity index (χ3v) is 5.23. The summed E-state index contributed by atoms with van der Waals surface area (Å²) in [5.41, 5.74) is 2.07. The van der Waals surface area contributed by atoms with Crippen LogP contribution < -0.4 is 21.1 Å². The number of nitrogens with zero attached hydrogens (tertiary/aromatic N) is 2. The van der Waals surface area contributed by atoms with Crippen LogP contribution in [0.5, 0.6) is 0 Å². The summed E-state index contributed by atoms with van der Waals surface area (Å²) in [4.78, 5) is 14.4. The van der Waals surface area contributed by atoms with E-state index in [4.69, 9.17) is 17.0 Å². The van der Waals surface area contributed by atoms with E-state index in [1.807, 2.05) is 49.0 Å². The molecule has 0 spiro atoms. The first kappa shape index (κ1) is 19.6. The largest absolute Gasteiger partial charge is 0.370 e. The highest BCUT2D eigenvalue weighted by Gasteiger charge is 2.17. The molecule has 2 heterocycles. The summed E-state index contributed by atoms with van der Waals surface area (Å²) < 4.78 is 8.85. The molecule has 1 aliphatic rings. The van der Waals surface area contributed by atoms with Crippen molar-refractivity contribution >= 4 is 23.0 Å². The number of hydrogen-bond donors (Lipinski definition) is 3. The Morgan fingerprint density at radius 2 is 1.96 bits per heavy atom. The van der Waals surface area contributed by atoms with E-state index in [1.165, 1.54) is 0 Å². The highest BCUT2D eigenvalue weighted by atomic mass is 32.1. The molecule has 1 aromatic carbocycles. The minimum atomic E-state index is -0.108. The number of benzene rings is 1. The topological polar surface area (TPSA) is 64.7 Å². The third kappa shape index (κ3) is 4.77. The van der Waals surface area contributed by atoms with Crippen LogP contribution in [0.1, 0.15) is 12.1 Å². The third-order valence-electron chi connectivity index (χ3n) is 4.99. The van der Waals surface area contributed by atoms with E-state index >= 15 is 0 Å². The second kappa shape index (κ2) is 9.16. The monoisotopic (exact) mass is 390 g/mol. The SMILES string of the molecule is Cc1c(NC(=S)NCCC[NH+]2CCOCC2)c(=O)n(-c2ccccc2)n1C. The van der Waals surface area contributed by atoms with Crippen LogP contribution in [-0.4, -0.2) is 53.9 Å². The maximum absolute atomic E-state index is 12.9. The Kier molecular flexibility index (Phi) is 6.65.